The molecule has 1 rings (SSSR count). The Morgan fingerprint density at radius 1 is 1.38 bits per heavy atom. The molecule has 13 heavy (non-hydrogen) atoms. The van der Waals surface area contributed by atoms with Gasteiger partial charge in [-0.3, -0.25) is 4.79 Å². The Hall–Kier alpha value is -1.65. The molecule has 0 saturated heterocycles. The van der Waals surface area contributed by atoms with Gasteiger partial charge >= 0.3 is 0 Å². The number of nitrogens with zero attached hydrogens (tertiary/aromatic N) is 3. The van der Waals surface area contributed by atoms with Crippen molar-refractivity contribution in [2.45, 2.75) is 0 Å². The zero-order valence-corrected chi connectivity index (χ0v) is 7.90. The molecule has 0 bridgehead atoms. The van der Waals surface area contributed by atoms with Gasteiger partial charge in [0.05, 0.1) is 0 Å². The van der Waals surface area contributed by atoms with E-state index >= 15 is 0 Å². The second-order valence-electron chi connectivity index (χ2n) is 2.75. The Balaban J connectivity index is 2.86. The molecule has 1 heterocycles. The third-order valence-electron chi connectivity index (χ3n) is 1.55. The summed E-state index contributed by atoms with van der Waals surface area (Å²) >= 11 is 0. The molecule has 0 aliphatic heterocycles. The van der Waals surface area contributed by atoms with Gasteiger partial charge in [0.2, 0.25) is 0 Å². The highest BCUT2D eigenvalue weighted by atomic mass is 16.2. The van der Waals surface area contributed by atoms with Crippen LogP contribution in [0.15, 0.2) is 12.1 Å². The van der Waals surface area contributed by atoms with Crippen LogP contribution in [-0.2, 0) is 0 Å². The molecule has 0 aliphatic rings. The van der Waals surface area contributed by atoms with E-state index in [0.717, 1.165) is 0 Å². The quantitative estimate of drug-likeness (QED) is 0.707. The summed E-state index contributed by atoms with van der Waals surface area (Å²) in [5.74, 6) is 0.505. The maximum atomic E-state index is 11.3. The molecule has 0 saturated carbocycles. The van der Waals surface area contributed by atoms with Gasteiger partial charge in [0.25, 0.3) is 5.91 Å². The van der Waals surface area contributed by atoms with Crippen molar-refractivity contribution in [2.75, 3.05) is 26.5 Å². The van der Waals surface area contributed by atoms with E-state index in [0.29, 0.717) is 11.5 Å². The molecule has 70 valence electrons. The second kappa shape index (κ2) is 3.84. The van der Waals surface area contributed by atoms with Crippen molar-refractivity contribution in [2.24, 2.45) is 0 Å². The molecule has 5 nitrogen and oxygen atoms in total. The fourth-order valence-corrected chi connectivity index (χ4v) is 0.809. The first-order valence-electron chi connectivity index (χ1n) is 3.88. The van der Waals surface area contributed by atoms with Crippen LogP contribution in [-0.4, -0.2) is 42.1 Å². The number of hydrogen-bond donors (Lipinski definition) is 1. The second-order valence-corrected chi connectivity index (χ2v) is 2.75. The van der Waals surface area contributed by atoms with Crippen molar-refractivity contribution < 1.29 is 4.79 Å². The minimum absolute atomic E-state index is 0.143. The van der Waals surface area contributed by atoms with Crippen LogP contribution in [0, 0.1) is 0 Å². The first kappa shape index (κ1) is 9.44. The van der Waals surface area contributed by atoms with Crippen LogP contribution in [0.2, 0.25) is 0 Å². The van der Waals surface area contributed by atoms with Crippen molar-refractivity contribution in [3.63, 3.8) is 0 Å². The minimum atomic E-state index is -0.143. The van der Waals surface area contributed by atoms with Crippen molar-refractivity contribution in [3.8, 4) is 0 Å². The summed E-state index contributed by atoms with van der Waals surface area (Å²) in [7, 11) is 5.10. The molecular weight excluding hydrogens is 168 g/mol. The van der Waals surface area contributed by atoms with Gasteiger partial charge in [-0.15, -0.1) is 10.2 Å². The Labute approximate surface area is 76.8 Å². The summed E-state index contributed by atoms with van der Waals surface area (Å²) in [6.07, 6.45) is 0. The molecule has 0 aromatic carbocycles. The molecule has 1 N–H and O–H groups in total. The Bertz CT molecular complexity index is 294. The van der Waals surface area contributed by atoms with Gasteiger partial charge in [0, 0.05) is 21.1 Å². The summed E-state index contributed by atoms with van der Waals surface area (Å²) in [5.41, 5.74) is 0.351. The Kier molecular flexibility index (Phi) is 2.79. The predicted molar refractivity (Wildman–Crippen MR) is 49.6 cm³/mol. The summed E-state index contributed by atoms with van der Waals surface area (Å²) in [5, 5.41) is 10.4. The molecule has 1 aromatic heterocycles. The molecule has 1 amide bonds. The number of aromatic nitrogens is 2. The van der Waals surface area contributed by atoms with Crippen LogP contribution < -0.4 is 5.32 Å². The average Bonchev–Trinajstić information content (AvgIpc) is 2.17. The first-order valence-corrected chi connectivity index (χ1v) is 3.88. The SMILES string of the molecule is CNc1ccc(C(=O)N(C)C)nn1. The van der Waals surface area contributed by atoms with E-state index in [1.54, 1.807) is 33.3 Å². The molecule has 1 aromatic rings. The number of carbonyl (C=O) groups is 1. The molecule has 0 aliphatic carbocycles. The lowest BCUT2D eigenvalue weighted by Crippen LogP contribution is -2.23. The third-order valence-corrected chi connectivity index (χ3v) is 1.55. The van der Waals surface area contributed by atoms with Gasteiger partial charge in [-0.2, -0.15) is 0 Å². The van der Waals surface area contributed by atoms with E-state index in [-0.39, 0.29) is 5.91 Å². The Morgan fingerprint density at radius 2 is 2.08 bits per heavy atom. The molecule has 5 heteroatoms. The van der Waals surface area contributed by atoms with Crippen LogP contribution in [0.3, 0.4) is 0 Å². The van der Waals surface area contributed by atoms with Crippen LogP contribution >= 0.6 is 0 Å². The maximum absolute atomic E-state index is 11.3. The largest absolute Gasteiger partial charge is 0.372 e. The van der Waals surface area contributed by atoms with Gasteiger partial charge in [-0.05, 0) is 12.1 Å². The van der Waals surface area contributed by atoms with E-state index < -0.39 is 0 Å². The van der Waals surface area contributed by atoms with Crippen LogP contribution in [0.4, 0.5) is 5.82 Å². The average molecular weight is 180 g/mol. The number of carbonyl (C=O) groups excluding carboxylic acids is 1. The standard InChI is InChI=1S/C8H12N4O/c1-9-7-5-4-6(10-11-7)8(13)12(2)3/h4-5H,1-3H3,(H,9,11). The lowest BCUT2D eigenvalue weighted by atomic mass is 10.3. The molecule has 0 radical (unpaired) electrons. The highest BCUT2D eigenvalue weighted by Gasteiger charge is 2.09. The van der Waals surface area contributed by atoms with Crippen molar-refractivity contribution in [3.05, 3.63) is 17.8 Å². The molecule has 0 fully saturated rings. The van der Waals surface area contributed by atoms with E-state index in [1.165, 1.54) is 4.90 Å². The van der Waals surface area contributed by atoms with Crippen molar-refractivity contribution in [1.82, 2.24) is 15.1 Å². The number of anilines is 1. The number of amides is 1. The normalized spacial score (nSPS) is 9.46. The molecule has 0 atom stereocenters. The Morgan fingerprint density at radius 3 is 2.46 bits per heavy atom. The fourth-order valence-electron chi connectivity index (χ4n) is 0.809. The smallest absolute Gasteiger partial charge is 0.273 e. The summed E-state index contributed by atoms with van der Waals surface area (Å²) in [6, 6.07) is 3.35. The van der Waals surface area contributed by atoms with Crippen LogP contribution in [0.5, 0.6) is 0 Å². The molecule has 0 unspecified atom stereocenters. The van der Waals surface area contributed by atoms with Gasteiger partial charge < -0.3 is 10.2 Å². The number of hydrogen-bond acceptors (Lipinski definition) is 4. The number of nitrogens with one attached hydrogen (secondary N) is 1. The molecular formula is C8H12N4O. The lowest BCUT2D eigenvalue weighted by Gasteiger charge is -2.08. The monoisotopic (exact) mass is 180 g/mol. The highest BCUT2D eigenvalue weighted by molar-refractivity contribution is 5.91. The van der Waals surface area contributed by atoms with E-state index in [4.69, 9.17) is 0 Å². The zero-order valence-electron chi connectivity index (χ0n) is 7.90. The van der Waals surface area contributed by atoms with Crippen molar-refractivity contribution in [1.29, 1.82) is 0 Å². The van der Waals surface area contributed by atoms with Gasteiger partial charge in [0.1, 0.15) is 5.82 Å². The van der Waals surface area contributed by atoms with E-state index in [2.05, 4.69) is 15.5 Å². The van der Waals surface area contributed by atoms with Gasteiger partial charge in [-0.25, -0.2) is 0 Å². The summed E-state index contributed by atoms with van der Waals surface area (Å²) in [4.78, 5) is 12.8. The minimum Gasteiger partial charge on any atom is -0.372 e. The first-order chi connectivity index (χ1) is 6.15. The van der Waals surface area contributed by atoms with Gasteiger partial charge in [0.15, 0.2) is 5.69 Å². The van der Waals surface area contributed by atoms with Crippen LogP contribution in [0.25, 0.3) is 0 Å². The highest BCUT2D eigenvalue weighted by Crippen LogP contribution is 2.01. The predicted octanol–water partition coefficient (Wildman–Crippen LogP) is 0.220. The number of rotatable bonds is 2. The lowest BCUT2D eigenvalue weighted by molar-refractivity contribution is 0.0821. The summed E-state index contributed by atoms with van der Waals surface area (Å²) < 4.78 is 0. The topological polar surface area (TPSA) is 58.1 Å². The van der Waals surface area contributed by atoms with E-state index in [9.17, 15) is 4.79 Å². The van der Waals surface area contributed by atoms with Gasteiger partial charge in [-0.1, -0.05) is 0 Å². The zero-order chi connectivity index (χ0) is 9.84. The van der Waals surface area contributed by atoms with Crippen LogP contribution in [0.1, 0.15) is 10.5 Å². The third kappa shape index (κ3) is 2.14. The van der Waals surface area contributed by atoms with E-state index in [1.807, 2.05) is 0 Å². The maximum Gasteiger partial charge on any atom is 0.273 e. The molecule has 0 spiro atoms. The summed E-state index contributed by atoms with van der Waals surface area (Å²) in [6.45, 7) is 0. The van der Waals surface area contributed by atoms with Crippen molar-refractivity contribution >= 4 is 11.7 Å². The fraction of sp³-hybridized carbons (Fsp3) is 0.375.